The number of nitro benzene ring substituents is 1. The number of hydrogen-bond donors (Lipinski definition) is 2. The van der Waals surface area contributed by atoms with Crippen LogP contribution in [-0.4, -0.2) is 40.5 Å². The zero-order chi connectivity index (χ0) is 17.7. The first-order valence-electron chi connectivity index (χ1n) is 6.59. The van der Waals surface area contributed by atoms with Gasteiger partial charge in [0.1, 0.15) is 11.4 Å². The van der Waals surface area contributed by atoms with E-state index in [9.17, 15) is 14.9 Å². The van der Waals surface area contributed by atoms with Crippen LogP contribution < -0.4 is 20.5 Å². The molecule has 0 fully saturated rings. The van der Waals surface area contributed by atoms with Gasteiger partial charge in [-0.15, -0.1) is 10.2 Å². The van der Waals surface area contributed by atoms with Gasteiger partial charge >= 0.3 is 5.69 Å². The predicted molar refractivity (Wildman–Crippen MR) is 84.8 cm³/mol. The molecule has 0 spiro atoms. The number of rotatable bonds is 6. The van der Waals surface area contributed by atoms with Gasteiger partial charge in [0.05, 0.1) is 25.4 Å². The Morgan fingerprint density at radius 1 is 1.29 bits per heavy atom. The molecule has 0 unspecified atom stereocenters. The summed E-state index contributed by atoms with van der Waals surface area (Å²) in [5.41, 5.74) is 2.39. The maximum atomic E-state index is 11.4. The molecule has 1 aromatic carbocycles. The summed E-state index contributed by atoms with van der Waals surface area (Å²) in [5, 5.41) is 22.3. The number of aromatic nitrogens is 3. The molecule has 11 nitrogen and oxygen atoms in total. The Morgan fingerprint density at radius 3 is 2.58 bits per heavy atom. The number of nitrogens with one attached hydrogen (secondary N) is 2. The van der Waals surface area contributed by atoms with Crippen molar-refractivity contribution in [2.24, 2.45) is 5.10 Å². The van der Waals surface area contributed by atoms with Crippen molar-refractivity contribution in [3.63, 3.8) is 0 Å². The first kappa shape index (κ1) is 16.9. The number of methoxy groups -OCH3 is 2. The number of nitrogens with zero attached hydrogens (tertiary/aromatic N) is 4. The lowest BCUT2D eigenvalue weighted by Gasteiger charge is -2.08. The fourth-order valence-electron chi connectivity index (χ4n) is 1.76. The number of aromatic amines is 1. The molecule has 1 aromatic heterocycles. The summed E-state index contributed by atoms with van der Waals surface area (Å²) >= 11 is 0. The lowest BCUT2D eigenvalue weighted by Crippen LogP contribution is -2.15. The highest BCUT2D eigenvalue weighted by Gasteiger charge is 2.18. The Hall–Kier alpha value is -3.50. The molecule has 11 heteroatoms. The molecule has 0 saturated heterocycles. The third-order valence-electron chi connectivity index (χ3n) is 2.96. The first-order valence-corrected chi connectivity index (χ1v) is 6.59. The smallest absolute Gasteiger partial charge is 0.311 e. The van der Waals surface area contributed by atoms with Crippen LogP contribution in [-0.2, 0) is 0 Å². The van der Waals surface area contributed by atoms with Crippen molar-refractivity contribution in [3.8, 4) is 11.5 Å². The minimum atomic E-state index is -0.577. The second-order valence-corrected chi connectivity index (χ2v) is 4.48. The second-order valence-electron chi connectivity index (χ2n) is 4.48. The number of aryl methyl sites for hydroxylation is 1. The number of ether oxygens (including phenoxy) is 2. The van der Waals surface area contributed by atoms with E-state index in [0.29, 0.717) is 11.3 Å². The number of hydrazone groups is 1. The minimum absolute atomic E-state index is 0.0313. The summed E-state index contributed by atoms with van der Waals surface area (Å²) in [6.07, 6.45) is 1.28. The van der Waals surface area contributed by atoms with Crippen molar-refractivity contribution in [2.75, 3.05) is 19.6 Å². The summed E-state index contributed by atoms with van der Waals surface area (Å²) in [6, 6.07) is 2.64. The van der Waals surface area contributed by atoms with Crippen LogP contribution in [0, 0.1) is 17.0 Å². The van der Waals surface area contributed by atoms with Gasteiger partial charge in [0.25, 0.3) is 5.56 Å². The molecule has 2 aromatic rings. The van der Waals surface area contributed by atoms with E-state index >= 15 is 0 Å². The van der Waals surface area contributed by atoms with E-state index in [0.717, 1.165) is 0 Å². The Balaban J connectivity index is 2.30. The average Bonchev–Trinajstić information content (AvgIpc) is 2.57. The van der Waals surface area contributed by atoms with Gasteiger partial charge < -0.3 is 9.47 Å². The van der Waals surface area contributed by atoms with Crippen molar-refractivity contribution in [3.05, 3.63) is 43.9 Å². The lowest BCUT2D eigenvalue weighted by molar-refractivity contribution is -0.385. The van der Waals surface area contributed by atoms with Gasteiger partial charge in [0.15, 0.2) is 0 Å². The quantitative estimate of drug-likeness (QED) is 0.449. The summed E-state index contributed by atoms with van der Waals surface area (Å²) < 4.78 is 10.1. The molecule has 1 heterocycles. The van der Waals surface area contributed by atoms with Gasteiger partial charge in [-0.1, -0.05) is 0 Å². The van der Waals surface area contributed by atoms with Gasteiger partial charge in [0, 0.05) is 17.7 Å². The molecule has 0 aliphatic heterocycles. The highest BCUT2D eigenvalue weighted by Crippen LogP contribution is 2.33. The number of H-pyrrole nitrogens is 1. The lowest BCUT2D eigenvalue weighted by atomic mass is 10.1. The molecule has 2 N–H and O–H groups in total. The Kier molecular flexibility index (Phi) is 5.04. The van der Waals surface area contributed by atoms with E-state index in [1.165, 1.54) is 39.5 Å². The minimum Gasteiger partial charge on any atom is -0.496 e. The van der Waals surface area contributed by atoms with E-state index < -0.39 is 10.5 Å². The third kappa shape index (κ3) is 3.63. The van der Waals surface area contributed by atoms with Crippen LogP contribution in [0.25, 0.3) is 0 Å². The van der Waals surface area contributed by atoms with E-state index in [4.69, 9.17) is 9.47 Å². The summed E-state index contributed by atoms with van der Waals surface area (Å²) in [6.45, 7) is 1.51. The summed E-state index contributed by atoms with van der Waals surface area (Å²) in [7, 11) is 2.73. The van der Waals surface area contributed by atoms with Crippen LogP contribution in [0.3, 0.4) is 0 Å². The van der Waals surface area contributed by atoms with Gasteiger partial charge in [-0.05, 0) is 6.92 Å². The standard InChI is InChI=1S/C13H14N6O5/c1-7-12(20)15-13(18-16-7)17-14-6-8-4-9(19(21)22)11(24-3)5-10(8)23-2/h4-6H,1-3H3,(H2,15,17,18,20)/b14-6+. The third-order valence-corrected chi connectivity index (χ3v) is 2.96. The number of hydrogen-bond acceptors (Lipinski definition) is 9. The first-order chi connectivity index (χ1) is 11.5. The van der Waals surface area contributed by atoms with Crippen molar-refractivity contribution in [2.45, 2.75) is 6.92 Å². The Labute approximate surface area is 135 Å². The Bertz CT molecular complexity index is 847. The second kappa shape index (κ2) is 7.17. The van der Waals surface area contributed by atoms with Crippen LogP contribution in [0.15, 0.2) is 22.0 Å². The average molecular weight is 334 g/mol. The van der Waals surface area contributed by atoms with E-state index in [1.54, 1.807) is 0 Å². The maximum Gasteiger partial charge on any atom is 0.311 e. The summed E-state index contributed by atoms with van der Waals surface area (Å²) in [5.74, 6) is 0.422. The van der Waals surface area contributed by atoms with Gasteiger partial charge in [-0.3, -0.25) is 19.9 Å². The molecule has 0 aliphatic rings. The molecule has 24 heavy (non-hydrogen) atoms. The molecule has 0 amide bonds. The number of benzene rings is 1. The molecule has 126 valence electrons. The Morgan fingerprint density at radius 2 is 2.00 bits per heavy atom. The monoisotopic (exact) mass is 334 g/mol. The highest BCUT2D eigenvalue weighted by atomic mass is 16.6. The van der Waals surface area contributed by atoms with Crippen LogP contribution in [0.1, 0.15) is 11.3 Å². The predicted octanol–water partition coefficient (Wildman–Crippen LogP) is 0.845. The van der Waals surface area contributed by atoms with E-state index in [1.807, 2.05) is 0 Å². The van der Waals surface area contributed by atoms with Crippen molar-refractivity contribution in [1.82, 2.24) is 15.2 Å². The SMILES string of the molecule is COc1cc(OC)c([N+](=O)[O-])cc1/C=N/Nc1nnc(C)c(=O)[nH]1. The van der Waals surface area contributed by atoms with Crippen molar-refractivity contribution >= 4 is 17.9 Å². The van der Waals surface area contributed by atoms with Gasteiger partial charge in [0.2, 0.25) is 11.7 Å². The van der Waals surface area contributed by atoms with E-state index in [2.05, 4.69) is 25.7 Å². The van der Waals surface area contributed by atoms with Crippen LogP contribution in [0.4, 0.5) is 11.6 Å². The highest BCUT2D eigenvalue weighted by molar-refractivity contribution is 5.86. The normalized spacial score (nSPS) is 10.6. The van der Waals surface area contributed by atoms with Crippen molar-refractivity contribution in [1.29, 1.82) is 0 Å². The van der Waals surface area contributed by atoms with Crippen LogP contribution in [0.5, 0.6) is 11.5 Å². The molecule has 0 radical (unpaired) electrons. The number of anilines is 1. The molecule has 2 rings (SSSR count). The topological polar surface area (TPSA) is 145 Å². The molecular weight excluding hydrogens is 320 g/mol. The largest absolute Gasteiger partial charge is 0.496 e. The number of nitro groups is 1. The van der Waals surface area contributed by atoms with Gasteiger partial charge in [-0.2, -0.15) is 5.10 Å². The molecule has 0 bridgehead atoms. The van der Waals surface area contributed by atoms with Crippen LogP contribution >= 0.6 is 0 Å². The molecule has 0 aliphatic carbocycles. The van der Waals surface area contributed by atoms with Crippen molar-refractivity contribution < 1.29 is 14.4 Å². The van der Waals surface area contributed by atoms with Gasteiger partial charge in [-0.25, -0.2) is 5.43 Å². The zero-order valence-corrected chi connectivity index (χ0v) is 13.1. The fourth-order valence-corrected chi connectivity index (χ4v) is 1.76. The maximum absolute atomic E-state index is 11.4. The summed E-state index contributed by atoms with van der Waals surface area (Å²) in [4.78, 5) is 24.3. The molecule has 0 atom stereocenters. The van der Waals surface area contributed by atoms with E-state index in [-0.39, 0.29) is 23.1 Å². The fraction of sp³-hybridized carbons (Fsp3) is 0.231. The van der Waals surface area contributed by atoms with Crippen LogP contribution in [0.2, 0.25) is 0 Å². The molecular formula is C13H14N6O5. The zero-order valence-electron chi connectivity index (χ0n) is 13.1. The molecule has 0 saturated carbocycles.